The summed E-state index contributed by atoms with van der Waals surface area (Å²) in [5.41, 5.74) is -0.644. The third-order valence-corrected chi connectivity index (χ3v) is 3.01. The van der Waals surface area contributed by atoms with Gasteiger partial charge in [-0.3, -0.25) is 0 Å². The third-order valence-electron chi connectivity index (χ3n) is 2.81. The highest BCUT2D eigenvalue weighted by molar-refractivity contribution is 6.28. The summed E-state index contributed by atoms with van der Waals surface area (Å²) in [4.78, 5) is 0. The molecule has 1 aliphatic heterocycles. The van der Waals surface area contributed by atoms with Crippen molar-refractivity contribution in [3.05, 3.63) is 23.1 Å². The van der Waals surface area contributed by atoms with Crippen LogP contribution in [0.4, 0.5) is 0 Å². The monoisotopic (exact) mass is 245 g/mol. The zero-order valence-corrected chi connectivity index (χ0v) is 9.79. The van der Waals surface area contributed by atoms with E-state index in [1.165, 1.54) is 0 Å². The summed E-state index contributed by atoms with van der Waals surface area (Å²) >= 11 is 5.66. The molecule has 1 aliphatic rings. The molecule has 0 amide bonds. The van der Waals surface area contributed by atoms with Gasteiger partial charge in [-0.25, -0.2) is 0 Å². The summed E-state index contributed by atoms with van der Waals surface area (Å²) in [7, 11) is 0. The molecular formula is C11H16ClNO3. The predicted molar refractivity (Wildman–Crippen MR) is 60.4 cm³/mol. The van der Waals surface area contributed by atoms with Gasteiger partial charge in [0.05, 0.1) is 12.1 Å². The van der Waals surface area contributed by atoms with Gasteiger partial charge in [-0.2, -0.15) is 0 Å². The molecule has 0 unspecified atom stereocenters. The second kappa shape index (κ2) is 5.19. The lowest BCUT2D eigenvalue weighted by Gasteiger charge is -2.32. The van der Waals surface area contributed by atoms with E-state index in [2.05, 4.69) is 5.32 Å². The Kier molecular flexibility index (Phi) is 3.86. The van der Waals surface area contributed by atoms with E-state index >= 15 is 0 Å². The van der Waals surface area contributed by atoms with E-state index in [1.807, 2.05) is 6.07 Å². The largest absolute Gasteiger partial charge is 0.448 e. The van der Waals surface area contributed by atoms with Gasteiger partial charge < -0.3 is 19.6 Å². The molecule has 5 heteroatoms. The van der Waals surface area contributed by atoms with Crippen LogP contribution in [0.5, 0.6) is 0 Å². The van der Waals surface area contributed by atoms with Crippen molar-refractivity contribution in [3.63, 3.8) is 0 Å². The molecule has 2 rings (SSSR count). The summed E-state index contributed by atoms with van der Waals surface area (Å²) in [5, 5.41) is 13.7. The fourth-order valence-corrected chi connectivity index (χ4v) is 1.96. The second-order valence-electron chi connectivity index (χ2n) is 4.15. The quantitative estimate of drug-likeness (QED) is 0.846. The van der Waals surface area contributed by atoms with Crippen LogP contribution in [0.2, 0.25) is 5.22 Å². The standard InChI is InChI=1S/C11H16ClNO3/c12-10-2-1-9(16-10)7-13-8-11(14)3-5-15-6-4-11/h1-2,13-14H,3-8H2. The number of furan rings is 1. The predicted octanol–water partition coefficient (Wildman–Crippen LogP) is 1.56. The Labute approximate surface area is 99.5 Å². The Bertz CT molecular complexity index is 334. The van der Waals surface area contributed by atoms with Crippen molar-refractivity contribution in [1.82, 2.24) is 5.32 Å². The molecule has 0 radical (unpaired) electrons. The lowest BCUT2D eigenvalue weighted by molar-refractivity contribution is -0.0618. The fourth-order valence-electron chi connectivity index (χ4n) is 1.79. The van der Waals surface area contributed by atoms with Crippen molar-refractivity contribution < 1.29 is 14.3 Å². The molecule has 0 atom stereocenters. The Morgan fingerprint density at radius 1 is 1.38 bits per heavy atom. The van der Waals surface area contributed by atoms with Crippen LogP contribution in [-0.2, 0) is 11.3 Å². The van der Waals surface area contributed by atoms with Crippen LogP contribution in [-0.4, -0.2) is 30.5 Å². The Morgan fingerprint density at radius 3 is 2.75 bits per heavy atom. The van der Waals surface area contributed by atoms with Crippen molar-refractivity contribution in [3.8, 4) is 0 Å². The summed E-state index contributed by atoms with van der Waals surface area (Å²) in [6.45, 7) is 2.39. The van der Waals surface area contributed by atoms with Crippen LogP contribution in [0.15, 0.2) is 16.5 Å². The maximum Gasteiger partial charge on any atom is 0.193 e. The van der Waals surface area contributed by atoms with Crippen LogP contribution in [0.3, 0.4) is 0 Å². The van der Waals surface area contributed by atoms with Gasteiger partial charge in [0.1, 0.15) is 5.76 Å². The SMILES string of the molecule is OC1(CNCc2ccc(Cl)o2)CCOCC1. The van der Waals surface area contributed by atoms with Crippen molar-refractivity contribution in [2.75, 3.05) is 19.8 Å². The molecule has 90 valence electrons. The first-order chi connectivity index (χ1) is 7.68. The molecule has 2 heterocycles. The minimum atomic E-state index is -0.644. The van der Waals surface area contributed by atoms with Crippen molar-refractivity contribution in [2.24, 2.45) is 0 Å². The number of nitrogens with one attached hydrogen (secondary N) is 1. The second-order valence-corrected chi connectivity index (χ2v) is 4.52. The number of hydrogen-bond acceptors (Lipinski definition) is 4. The minimum Gasteiger partial charge on any atom is -0.448 e. The highest BCUT2D eigenvalue weighted by Gasteiger charge is 2.29. The lowest BCUT2D eigenvalue weighted by Crippen LogP contribution is -2.44. The van der Waals surface area contributed by atoms with Crippen LogP contribution >= 0.6 is 11.6 Å². The van der Waals surface area contributed by atoms with Crippen molar-refractivity contribution >= 4 is 11.6 Å². The van der Waals surface area contributed by atoms with Crippen LogP contribution in [0, 0.1) is 0 Å². The Morgan fingerprint density at radius 2 is 2.12 bits per heavy atom. The summed E-state index contributed by atoms with van der Waals surface area (Å²) in [6.07, 6.45) is 1.36. The van der Waals surface area contributed by atoms with E-state index in [1.54, 1.807) is 6.07 Å². The van der Waals surface area contributed by atoms with Crippen molar-refractivity contribution in [1.29, 1.82) is 0 Å². The molecule has 0 spiro atoms. The molecule has 0 aliphatic carbocycles. The van der Waals surface area contributed by atoms with Gasteiger partial charge in [-0.15, -0.1) is 0 Å². The van der Waals surface area contributed by atoms with Gasteiger partial charge >= 0.3 is 0 Å². The molecule has 1 saturated heterocycles. The smallest absolute Gasteiger partial charge is 0.193 e. The molecular weight excluding hydrogens is 230 g/mol. The number of rotatable bonds is 4. The molecule has 16 heavy (non-hydrogen) atoms. The van der Waals surface area contributed by atoms with E-state index in [9.17, 15) is 5.11 Å². The van der Waals surface area contributed by atoms with Gasteiger partial charge in [-0.1, -0.05) is 0 Å². The third kappa shape index (κ3) is 3.22. The summed E-state index contributed by atoms with van der Waals surface area (Å²) < 4.78 is 10.4. The molecule has 2 N–H and O–H groups in total. The van der Waals surface area contributed by atoms with Gasteiger partial charge in [0.2, 0.25) is 0 Å². The van der Waals surface area contributed by atoms with E-state index < -0.39 is 5.60 Å². The Hall–Kier alpha value is -0.550. The number of hydrogen-bond donors (Lipinski definition) is 2. The maximum atomic E-state index is 10.2. The molecule has 0 bridgehead atoms. The highest BCUT2D eigenvalue weighted by Crippen LogP contribution is 2.19. The van der Waals surface area contributed by atoms with Gasteiger partial charge in [0, 0.05) is 32.6 Å². The van der Waals surface area contributed by atoms with Gasteiger partial charge in [0.15, 0.2) is 5.22 Å². The summed E-state index contributed by atoms with van der Waals surface area (Å²) in [5.74, 6) is 0.778. The van der Waals surface area contributed by atoms with Crippen LogP contribution < -0.4 is 5.32 Å². The van der Waals surface area contributed by atoms with Gasteiger partial charge in [-0.05, 0) is 23.7 Å². The summed E-state index contributed by atoms with van der Waals surface area (Å²) in [6, 6.07) is 3.53. The molecule has 0 saturated carbocycles. The number of aliphatic hydroxyl groups is 1. The Balaban J connectivity index is 1.74. The van der Waals surface area contributed by atoms with Crippen molar-refractivity contribution in [2.45, 2.75) is 25.0 Å². The lowest BCUT2D eigenvalue weighted by atomic mass is 9.94. The molecule has 1 aromatic rings. The van der Waals surface area contributed by atoms with E-state index in [-0.39, 0.29) is 0 Å². The van der Waals surface area contributed by atoms with Gasteiger partial charge in [0.25, 0.3) is 0 Å². The first-order valence-corrected chi connectivity index (χ1v) is 5.81. The van der Waals surface area contributed by atoms with E-state index in [4.69, 9.17) is 20.8 Å². The first kappa shape index (κ1) is 11.9. The molecule has 0 aromatic carbocycles. The number of halogens is 1. The zero-order chi connectivity index (χ0) is 11.4. The first-order valence-electron chi connectivity index (χ1n) is 5.43. The average molecular weight is 246 g/mol. The normalized spacial score (nSPS) is 19.9. The fraction of sp³-hybridized carbons (Fsp3) is 0.636. The maximum absolute atomic E-state index is 10.2. The molecule has 1 aromatic heterocycles. The average Bonchev–Trinajstić information content (AvgIpc) is 2.65. The highest BCUT2D eigenvalue weighted by atomic mass is 35.5. The molecule has 1 fully saturated rings. The van der Waals surface area contributed by atoms with Crippen LogP contribution in [0.1, 0.15) is 18.6 Å². The number of ether oxygens (including phenoxy) is 1. The zero-order valence-electron chi connectivity index (χ0n) is 9.04. The minimum absolute atomic E-state index is 0.390. The van der Waals surface area contributed by atoms with E-state index in [0.29, 0.717) is 44.4 Å². The van der Waals surface area contributed by atoms with E-state index in [0.717, 1.165) is 5.76 Å². The molecule has 4 nitrogen and oxygen atoms in total. The van der Waals surface area contributed by atoms with Crippen LogP contribution in [0.25, 0.3) is 0 Å². The topological polar surface area (TPSA) is 54.6 Å².